The fourth-order valence-corrected chi connectivity index (χ4v) is 5.10. The Morgan fingerprint density at radius 3 is 2.67 bits per heavy atom. The SMILES string of the molecule is CCCOc1ccc2c(c1)N(CCN)C(=O)C2C(=O)C1C[C@H](C)CC[C@H]1C(C)C.S. The molecule has 5 nitrogen and oxygen atoms in total. The Balaban J connectivity index is 0.00000320. The summed E-state index contributed by atoms with van der Waals surface area (Å²) < 4.78 is 5.76. The number of anilines is 1. The first-order valence-electron chi connectivity index (χ1n) is 11.2. The number of amides is 1. The van der Waals surface area contributed by atoms with Crippen LogP contribution in [0.4, 0.5) is 5.69 Å². The molecular formula is C24H38N2O3S. The zero-order chi connectivity index (χ0) is 21.1. The number of ketones is 1. The Morgan fingerprint density at radius 1 is 1.30 bits per heavy atom. The van der Waals surface area contributed by atoms with Crippen molar-refractivity contribution in [1.82, 2.24) is 0 Å². The highest BCUT2D eigenvalue weighted by molar-refractivity contribution is 7.59. The van der Waals surface area contributed by atoms with Gasteiger partial charge in [-0.3, -0.25) is 9.59 Å². The van der Waals surface area contributed by atoms with Gasteiger partial charge in [0, 0.05) is 25.1 Å². The molecule has 2 unspecified atom stereocenters. The van der Waals surface area contributed by atoms with Crippen LogP contribution in [0.1, 0.15) is 64.9 Å². The minimum atomic E-state index is -0.701. The number of benzene rings is 1. The summed E-state index contributed by atoms with van der Waals surface area (Å²) in [5.74, 6) is 1.29. The van der Waals surface area contributed by atoms with E-state index in [4.69, 9.17) is 10.5 Å². The highest BCUT2D eigenvalue weighted by Crippen LogP contribution is 2.46. The minimum absolute atomic E-state index is 0. The van der Waals surface area contributed by atoms with E-state index in [1.54, 1.807) is 4.90 Å². The van der Waals surface area contributed by atoms with Gasteiger partial charge in [0.1, 0.15) is 11.7 Å². The lowest BCUT2D eigenvalue weighted by Crippen LogP contribution is -2.40. The molecule has 0 saturated heterocycles. The van der Waals surface area contributed by atoms with Crippen LogP contribution in [-0.2, 0) is 9.59 Å². The van der Waals surface area contributed by atoms with Gasteiger partial charge >= 0.3 is 0 Å². The molecule has 1 aromatic rings. The Hall–Kier alpha value is -1.53. The van der Waals surface area contributed by atoms with Gasteiger partial charge in [-0.05, 0) is 48.6 Å². The van der Waals surface area contributed by atoms with E-state index in [9.17, 15) is 9.59 Å². The van der Waals surface area contributed by atoms with Crippen LogP contribution in [0.5, 0.6) is 5.75 Å². The molecule has 0 radical (unpaired) electrons. The minimum Gasteiger partial charge on any atom is -0.494 e. The molecule has 1 amide bonds. The van der Waals surface area contributed by atoms with Gasteiger partial charge in [0.2, 0.25) is 5.91 Å². The van der Waals surface area contributed by atoms with Crippen LogP contribution in [-0.4, -0.2) is 31.4 Å². The number of fused-ring (bicyclic) bond motifs is 1. The van der Waals surface area contributed by atoms with Crippen molar-refractivity contribution in [2.24, 2.45) is 29.4 Å². The Morgan fingerprint density at radius 2 is 2.03 bits per heavy atom. The molecule has 6 heteroatoms. The van der Waals surface area contributed by atoms with Crippen molar-refractivity contribution in [2.45, 2.75) is 59.3 Å². The Bertz CT molecular complexity index is 752. The Labute approximate surface area is 188 Å². The van der Waals surface area contributed by atoms with Crippen LogP contribution in [0.2, 0.25) is 0 Å². The van der Waals surface area contributed by atoms with Crippen LogP contribution in [0, 0.1) is 23.7 Å². The lowest BCUT2D eigenvalue weighted by atomic mass is 9.66. The molecule has 2 N–H and O–H groups in total. The number of rotatable bonds is 8. The van der Waals surface area contributed by atoms with Crippen LogP contribution in [0.15, 0.2) is 18.2 Å². The van der Waals surface area contributed by atoms with Gasteiger partial charge in [0.25, 0.3) is 0 Å². The highest BCUT2D eigenvalue weighted by atomic mass is 32.1. The van der Waals surface area contributed by atoms with Crippen molar-refractivity contribution < 1.29 is 14.3 Å². The van der Waals surface area contributed by atoms with Gasteiger partial charge < -0.3 is 15.4 Å². The normalized spacial score (nSPS) is 25.8. The standard InChI is InChI=1S/C24H36N2O3.H2S/c1-5-12-29-17-7-9-19-21(14-17)26(11-10-25)24(28)22(19)23(27)20-13-16(4)6-8-18(20)15(2)3;/h7,9,14-16,18,20,22H,5-6,8,10-13,25H2,1-4H3;1H2/t16-,18+,20?,22?;/m1./s1. The lowest BCUT2D eigenvalue weighted by Gasteiger charge is -2.37. The predicted octanol–water partition coefficient (Wildman–Crippen LogP) is 4.25. The molecule has 1 aliphatic heterocycles. The van der Waals surface area contributed by atoms with Gasteiger partial charge in [0.15, 0.2) is 5.78 Å². The first kappa shape index (κ1) is 24.7. The van der Waals surface area contributed by atoms with Crippen LogP contribution in [0.3, 0.4) is 0 Å². The molecule has 1 aliphatic carbocycles. The quantitative estimate of drug-likeness (QED) is 0.621. The van der Waals surface area contributed by atoms with E-state index < -0.39 is 5.92 Å². The van der Waals surface area contributed by atoms with Gasteiger partial charge in [-0.2, -0.15) is 13.5 Å². The molecule has 0 spiro atoms. The van der Waals surface area contributed by atoms with E-state index in [-0.39, 0.29) is 31.1 Å². The van der Waals surface area contributed by atoms with Crippen molar-refractivity contribution >= 4 is 30.9 Å². The maximum Gasteiger partial charge on any atom is 0.242 e. The number of Topliss-reactive ketones (excluding diaryl/α,β-unsaturated/α-hetero) is 1. The number of hydrogen-bond acceptors (Lipinski definition) is 4. The first-order valence-corrected chi connectivity index (χ1v) is 11.2. The number of nitrogens with two attached hydrogens (primary N) is 1. The smallest absolute Gasteiger partial charge is 0.242 e. The molecule has 3 rings (SSSR count). The maximum absolute atomic E-state index is 13.7. The summed E-state index contributed by atoms with van der Waals surface area (Å²) in [4.78, 5) is 28.7. The van der Waals surface area contributed by atoms with Crippen molar-refractivity contribution in [3.05, 3.63) is 23.8 Å². The summed E-state index contributed by atoms with van der Waals surface area (Å²) in [5.41, 5.74) is 7.39. The summed E-state index contributed by atoms with van der Waals surface area (Å²) in [6, 6.07) is 5.70. The zero-order valence-electron chi connectivity index (χ0n) is 18.8. The van der Waals surface area contributed by atoms with Gasteiger partial charge in [0.05, 0.1) is 12.3 Å². The third-order valence-electron chi connectivity index (χ3n) is 6.61. The summed E-state index contributed by atoms with van der Waals surface area (Å²) >= 11 is 0. The number of carbonyl (C=O) groups excluding carboxylic acids is 2. The second kappa shape index (κ2) is 10.7. The van der Waals surface area contributed by atoms with Crippen LogP contribution >= 0.6 is 13.5 Å². The average molecular weight is 435 g/mol. The first-order chi connectivity index (χ1) is 13.9. The molecule has 2 aliphatic rings. The third kappa shape index (κ3) is 4.86. The largest absolute Gasteiger partial charge is 0.494 e. The van der Waals surface area contributed by atoms with E-state index in [1.807, 2.05) is 18.2 Å². The van der Waals surface area contributed by atoms with Crippen molar-refractivity contribution in [1.29, 1.82) is 0 Å². The van der Waals surface area contributed by atoms with Crippen molar-refractivity contribution in [3.63, 3.8) is 0 Å². The number of ether oxygens (including phenoxy) is 1. The second-order valence-corrected chi connectivity index (χ2v) is 9.12. The predicted molar refractivity (Wildman–Crippen MR) is 127 cm³/mol. The van der Waals surface area contributed by atoms with E-state index in [2.05, 4.69) is 27.7 Å². The molecule has 1 fully saturated rings. The molecular weight excluding hydrogens is 396 g/mol. The van der Waals surface area contributed by atoms with E-state index in [0.29, 0.717) is 37.5 Å². The monoisotopic (exact) mass is 434 g/mol. The number of nitrogens with zero attached hydrogens (tertiary/aromatic N) is 1. The molecule has 1 aromatic carbocycles. The van der Waals surface area contributed by atoms with Crippen molar-refractivity contribution in [3.8, 4) is 5.75 Å². The maximum atomic E-state index is 13.7. The molecule has 168 valence electrons. The van der Waals surface area contributed by atoms with Crippen molar-refractivity contribution in [2.75, 3.05) is 24.6 Å². The Kier molecular flexibility index (Phi) is 8.80. The average Bonchev–Trinajstić information content (AvgIpc) is 2.97. The highest BCUT2D eigenvalue weighted by Gasteiger charge is 2.46. The van der Waals surface area contributed by atoms with E-state index >= 15 is 0 Å². The fourth-order valence-electron chi connectivity index (χ4n) is 5.10. The summed E-state index contributed by atoms with van der Waals surface area (Å²) in [6.07, 6.45) is 4.04. The topological polar surface area (TPSA) is 72.6 Å². The summed E-state index contributed by atoms with van der Waals surface area (Å²) in [6.45, 7) is 10.1. The number of hydrogen-bond donors (Lipinski definition) is 1. The number of carbonyl (C=O) groups is 2. The second-order valence-electron chi connectivity index (χ2n) is 9.12. The van der Waals surface area contributed by atoms with Gasteiger partial charge in [-0.1, -0.05) is 40.2 Å². The summed E-state index contributed by atoms with van der Waals surface area (Å²) in [5, 5.41) is 0. The van der Waals surface area contributed by atoms with Crippen LogP contribution in [0.25, 0.3) is 0 Å². The molecule has 30 heavy (non-hydrogen) atoms. The third-order valence-corrected chi connectivity index (χ3v) is 6.61. The zero-order valence-corrected chi connectivity index (χ0v) is 19.8. The fraction of sp³-hybridized carbons (Fsp3) is 0.667. The van der Waals surface area contributed by atoms with Gasteiger partial charge in [-0.25, -0.2) is 0 Å². The van der Waals surface area contributed by atoms with E-state index in [0.717, 1.165) is 36.3 Å². The molecule has 4 atom stereocenters. The summed E-state index contributed by atoms with van der Waals surface area (Å²) in [7, 11) is 0. The van der Waals surface area contributed by atoms with Gasteiger partial charge in [-0.15, -0.1) is 0 Å². The molecule has 0 bridgehead atoms. The lowest BCUT2D eigenvalue weighted by molar-refractivity contribution is -0.133. The molecule has 0 aromatic heterocycles. The molecule has 1 heterocycles. The van der Waals surface area contributed by atoms with E-state index in [1.165, 1.54) is 6.42 Å². The van der Waals surface area contributed by atoms with Crippen LogP contribution < -0.4 is 15.4 Å². The molecule has 1 saturated carbocycles.